The van der Waals surface area contributed by atoms with Gasteiger partial charge in [0, 0.05) is 31.0 Å². The molecular weight excluding hydrogens is 423 g/mol. The minimum absolute atomic E-state index is 0. The molecule has 9 heteroatoms. The van der Waals surface area contributed by atoms with E-state index in [9.17, 15) is 4.79 Å². The van der Waals surface area contributed by atoms with Crippen LogP contribution < -0.4 is 16.0 Å². The van der Waals surface area contributed by atoms with E-state index in [2.05, 4.69) is 31.1 Å². The molecule has 136 valence electrons. The van der Waals surface area contributed by atoms with Gasteiger partial charge in [0.2, 0.25) is 11.8 Å². The molecule has 1 fully saturated rings. The first kappa shape index (κ1) is 20.7. The SMILES string of the molecule is CCNC(=NCc1noc(C(C)(C)C)n1)NC1CCC(=O)NC1.I. The second-order valence-corrected chi connectivity index (χ2v) is 6.64. The third-order valence-electron chi connectivity index (χ3n) is 3.44. The maximum Gasteiger partial charge on any atom is 0.232 e. The van der Waals surface area contributed by atoms with Crippen LogP contribution in [-0.2, 0) is 16.8 Å². The van der Waals surface area contributed by atoms with Crippen LogP contribution >= 0.6 is 24.0 Å². The lowest BCUT2D eigenvalue weighted by atomic mass is 9.97. The summed E-state index contributed by atoms with van der Waals surface area (Å²) in [5, 5.41) is 13.3. The molecule has 0 spiro atoms. The van der Waals surface area contributed by atoms with Crippen molar-refractivity contribution in [2.45, 2.75) is 58.5 Å². The Balaban J connectivity index is 0.00000288. The summed E-state index contributed by atoms with van der Waals surface area (Å²) in [6.07, 6.45) is 1.34. The molecule has 1 atom stereocenters. The molecule has 2 heterocycles. The third-order valence-corrected chi connectivity index (χ3v) is 3.44. The van der Waals surface area contributed by atoms with Gasteiger partial charge in [0.1, 0.15) is 6.54 Å². The summed E-state index contributed by atoms with van der Waals surface area (Å²) >= 11 is 0. The van der Waals surface area contributed by atoms with Gasteiger partial charge in [-0.1, -0.05) is 25.9 Å². The Labute approximate surface area is 159 Å². The van der Waals surface area contributed by atoms with Crippen molar-refractivity contribution in [1.29, 1.82) is 0 Å². The molecule has 1 aromatic rings. The number of aromatic nitrogens is 2. The summed E-state index contributed by atoms with van der Waals surface area (Å²) in [4.78, 5) is 20.1. The number of nitrogens with one attached hydrogen (secondary N) is 3. The molecule has 1 saturated heterocycles. The van der Waals surface area contributed by atoms with Crippen LogP contribution in [0.3, 0.4) is 0 Å². The average molecular weight is 450 g/mol. The minimum atomic E-state index is -0.169. The average Bonchev–Trinajstić information content (AvgIpc) is 2.96. The molecule has 3 N–H and O–H groups in total. The predicted octanol–water partition coefficient (Wildman–Crippen LogP) is 1.32. The molecule has 0 aromatic carbocycles. The highest BCUT2D eigenvalue weighted by atomic mass is 127. The number of hydrogen-bond acceptors (Lipinski definition) is 5. The van der Waals surface area contributed by atoms with E-state index < -0.39 is 0 Å². The molecule has 1 aliphatic heterocycles. The fourth-order valence-electron chi connectivity index (χ4n) is 2.14. The second-order valence-electron chi connectivity index (χ2n) is 6.64. The van der Waals surface area contributed by atoms with Gasteiger partial charge >= 0.3 is 0 Å². The summed E-state index contributed by atoms with van der Waals surface area (Å²) in [6, 6.07) is 0.181. The third kappa shape index (κ3) is 6.25. The van der Waals surface area contributed by atoms with Crippen LogP contribution in [0, 0.1) is 0 Å². The molecule has 1 aromatic heterocycles. The number of aliphatic imine (C=N–C) groups is 1. The molecule has 1 aliphatic rings. The first-order valence-corrected chi connectivity index (χ1v) is 8.03. The van der Waals surface area contributed by atoms with Gasteiger partial charge in [0.05, 0.1) is 0 Å². The monoisotopic (exact) mass is 450 g/mol. The number of carbonyl (C=O) groups is 1. The number of piperidine rings is 1. The van der Waals surface area contributed by atoms with Gasteiger partial charge in [0.15, 0.2) is 11.8 Å². The van der Waals surface area contributed by atoms with Crippen LogP contribution in [0.4, 0.5) is 0 Å². The van der Waals surface area contributed by atoms with Gasteiger partial charge < -0.3 is 20.5 Å². The van der Waals surface area contributed by atoms with E-state index >= 15 is 0 Å². The topological polar surface area (TPSA) is 104 Å². The standard InChI is InChI=1S/C15H26N6O2.HI/c1-5-16-14(19-10-6-7-12(22)17-8-10)18-9-11-20-13(23-21-11)15(2,3)4;/h10H,5-9H2,1-4H3,(H,17,22)(H2,16,18,19);1H. The fourth-order valence-corrected chi connectivity index (χ4v) is 2.14. The molecule has 8 nitrogen and oxygen atoms in total. The highest BCUT2D eigenvalue weighted by Gasteiger charge is 2.22. The summed E-state index contributed by atoms with van der Waals surface area (Å²) in [7, 11) is 0. The number of guanidine groups is 1. The molecular formula is C15H27IN6O2. The maximum atomic E-state index is 11.2. The Hall–Kier alpha value is -1.39. The van der Waals surface area contributed by atoms with E-state index in [1.165, 1.54) is 0 Å². The summed E-state index contributed by atoms with van der Waals surface area (Å²) in [5.74, 6) is 1.96. The smallest absolute Gasteiger partial charge is 0.232 e. The van der Waals surface area contributed by atoms with Crippen molar-refractivity contribution in [1.82, 2.24) is 26.1 Å². The molecule has 0 bridgehead atoms. The molecule has 0 aliphatic carbocycles. The summed E-state index contributed by atoms with van der Waals surface area (Å²) < 4.78 is 5.26. The van der Waals surface area contributed by atoms with Crippen molar-refractivity contribution in [3.05, 3.63) is 11.7 Å². The Morgan fingerprint density at radius 3 is 2.75 bits per heavy atom. The van der Waals surface area contributed by atoms with E-state index in [0.29, 0.717) is 37.2 Å². The van der Waals surface area contributed by atoms with E-state index in [-0.39, 0.29) is 41.3 Å². The predicted molar refractivity (Wildman–Crippen MR) is 102 cm³/mol. The molecule has 24 heavy (non-hydrogen) atoms. The zero-order chi connectivity index (χ0) is 16.9. The normalized spacial score (nSPS) is 18.6. The zero-order valence-corrected chi connectivity index (χ0v) is 17.0. The highest BCUT2D eigenvalue weighted by Crippen LogP contribution is 2.19. The molecule has 1 unspecified atom stereocenters. The van der Waals surface area contributed by atoms with Crippen molar-refractivity contribution in [2.75, 3.05) is 13.1 Å². The quantitative estimate of drug-likeness (QED) is 0.363. The fraction of sp³-hybridized carbons (Fsp3) is 0.733. The Kier molecular flexibility index (Phi) is 7.91. The molecule has 1 amide bonds. The van der Waals surface area contributed by atoms with Crippen molar-refractivity contribution in [2.24, 2.45) is 4.99 Å². The van der Waals surface area contributed by atoms with Crippen LogP contribution in [0.2, 0.25) is 0 Å². The van der Waals surface area contributed by atoms with Crippen molar-refractivity contribution in [3.8, 4) is 0 Å². The van der Waals surface area contributed by atoms with Gasteiger partial charge in [0.25, 0.3) is 0 Å². The largest absolute Gasteiger partial charge is 0.357 e. The molecule has 0 saturated carbocycles. The van der Waals surface area contributed by atoms with Crippen LogP contribution in [0.5, 0.6) is 0 Å². The lowest BCUT2D eigenvalue weighted by molar-refractivity contribution is -0.122. The van der Waals surface area contributed by atoms with Crippen molar-refractivity contribution >= 4 is 35.8 Å². The number of amides is 1. The van der Waals surface area contributed by atoms with Crippen LogP contribution in [-0.4, -0.2) is 41.1 Å². The van der Waals surface area contributed by atoms with Gasteiger partial charge in [-0.05, 0) is 13.3 Å². The van der Waals surface area contributed by atoms with Crippen LogP contribution in [0.15, 0.2) is 9.52 Å². The van der Waals surface area contributed by atoms with Gasteiger partial charge in [-0.15, -0.1) is 24.0 Å². The number of halogens is 1. The van der Waals surface area contributed by atoms with Crippen LogP contribution in [0.1, 0.15) is 52.3 Å². The van der Waals surface area contributed by atoms with Crippen LogP contribution in [0.25, 0.3) is 0 Å². The molecule has 2 rings (SSSR count). The first-order chi connectivity index (χ1) is 10.9. The number of hydrogen-bond donors (Lipinski definition) is 3. The number of rotatable bonds is 4. The van der Waals surface area contributed by atoms with Crippen molar-refractivity contribution < 1.29 is 9.32 Å². The lowest BCUT2D eigenvalue weighted by Crippen LogP contribution is -2.51. The summed E-state index contributed by atoms with van der Waals surface area (Å²) in [5.41, 5.74) is -0.169. The first-order valence-electron chi connectivity index (χ1n) is 8.03. The van der Waals surface area contributed by atoms with Gasteiger partial charge in [-0.25, -0.2) is 4.99 Å². The van der Waals surface area contributed by atoms with E-state index in [1.807, 2.05) is 27.7 Å². The Bertz CT molecular complexity index is 557. The lowest BCUT2D eigenvalue weighted by Gasteiger charge is -2.25. The summed E-state index contributed by atoms with van der Waals surface area (Å²) in [6.45, 7) is 9.79. The van der Waals surface area contributed by atoms with Gasteiger partial charge in [-0.2, -0.15) is 4.98 Å². The second kappa shape index (κ2) is 9.19. The van der Waals surface area contributed by atoms with Crippen molar-refractivity contribution in [3.63, 3.8) is 0 Å². The van der Waals surface area contributed by atoms with Gasteiger partial charge in [-0.3, -0.25) is 4.79 Å². The highest BCUT2D eigenvalue weighted by molar-refractivity contribution is 14.0. The zero-order valence-electron chi connectivity index (χ0n) is 14.7. The Morgan fingerprint density at radius 1 is 1.46 bits per heavy atom. The van der Waals surface area contributed by atoms with E-state index in [4.69, 9.17) is 4.52 Å². The molecule has 0 radical (unpaired) electrons. The minimum Gasteiger partial charge on any atom is -0.357 e. The van der Waals surface area contributed by atoms with E-state index in [1.54, 1.807) is 0 Å². The van der Waals surface area contributed by atoms with E-state index in [0.717, 1.165) is 13.0 Å². The maximum absolute atomic E-state index is 11.2. The number of nitrogens with zero attached hydrogens (tertiary/aromatic N) is 3. The Morgan fingerprint density at radius 2 is 2.21 bits per heavy atom. The number of carbonyl (C=O) groups excluding carboxylic acids is 1.